The second-order valence-electron chi connectivity index (χ2n) is 1.28. The summed E-state index contributed by atoms with van der Waals surface area (Å²) < 4.78 is 6.63. The Morgan fingerprint density at radius 2 is 1.92 bits per heavy atom. The van der Waals surface area contributed by atoms with Crippen molar-refractivity contribution in [3.8, 4) is 0 Å². The van der Waals surface area contributed by atoms with Crippen molar-refractivity contribution in [2.24, 2.45) is 0 Å². The van der Waals surface area contributed by atoms with Gasteiger partial charge in [-0.2, -0.15) is 0 Å². The molecule has 0 bridgehead atoms. The molecule has 0 radical (unpaired) electrons. The molecule has 0 saturated heterocycles. The van der Waals surface area contributed by atoms with Gasteiger partial charge in [0.2, 0.25) is 0 Å². The normalized spacial score (nSPS) is 9.08. The van der Waals surface area contributed by atoms with Crippen molar-refractivity contribution in [3.05, 3.63) is 12.7 Å². The van der Waals surface area contributed by atoms with E-state index in [1.54, 1.807) is 6.08 Å². The standard InChI is InChI=1S/C4H6OS2.C3H6OS2/c1-2-3-6-7-4-5;1-2-5-6-3-4/h2,4H,1,3H2;3H,2H2,1H3/i;1D. The van der Waals surface area contributed by atoms with E-state index in [-0.39, 0.29) is 0 Å². The lowest BCUT2D eigenvalue weighted by atomic mass is 10.8. The zero-order chi connectivity index (χ0) is 11.1. The Hall–Kier alpha value is 0.480. The van der Waals surface area contributed by atoms with Gasteiger partial charge in [0.15, 0.2) is 11.2 Å². The van der Waals surface area contributed by atoms with E-state index in [1.807, 2.05) is 0 Å². The Morgan fingerprint density at radius 3 is 2.38 bits per heavy atom. The highest BCUT2D eigenvalue weighted by Gasteiger charge is 1.77. The van der Waals surface area contributed by atoms with E-state index in [9.17, 15) is 9.59 Å². The molecule has 0 aliphatic rings. The van der Waals surface area contributed by atoms with E-state index in [1.165, 1.54) is 32.4 Å². The zero-order valence-corrected chi connectivity index (χ0v) is 10.3. The minimum atomic E-state index is 0.394. The number of rotatable bonds is 7. The van der Waals surface area contributed by atoms with Crippen LogP contribution in [0.5, 0.6) is 0 Å². The third-order valence-corrected chi connectivity index (χ3v) is 3.65. The van der Waals surface area contributed by atoms with Crippen molar-refractivity contribution < 1.29 is 11.0 Å². The van der Waals surface area contributed by atoms with Crippen LogP contribution < -0.4 is 0 Å². The summed E-state index contributed by atoms with van der Waals surface area (Å²) in [4.78, 5) is 19.1. The van der Waals surface area contributed by atoms with Crippen LogP contribution in [0.2, 0.25) is 0 Å². The van der Waals surface area contributed by atoms with Gasteiger partial charge in [-0.05, 0) is 21.6 Å². The molecule has 0 aromatic rings. The number of carbonyl (C=O) groups is 2. The predicted octanol–water partition coefficient (Wildman–Crippen LogP) is 3.32. The molecule has 0 aromatic heterocycles. The van der Waals surface area contributed by atoms with Gasteiger partial charge in [-0.3, -0.25) is 9.59 Å². The van der Waals surface area contributed by atoms with Gasteiger partial charge in [0, 0.05) is 12.9 Å². The minimum Gasteiger partial charge on any atom is -0.290 e. The molecule has 0 amide bonds. The van der Waals surface area contributed by atoms with Gasteiger partial charge in [0.1, 0.15) is 0 Å². The second-order valence-corrected chi connectivity index (χ2v) is 5.83. The maximum Gasteiger partial charge on any atom is 0.186 e. The summed E-state index contributed by atoms with van der Waals surface area (Å²) in [6.45, 7) is 3.88. The van der Waals surface area contributed by atoms with E-state index in [0.717, 1.165) is 33.5 Å². The van der Waals surface area contributed by atoms with Crippen LogP contribution in [-0.2, 0) is 9.59 Å². The van der Waals surface area contributed by atoms with E-state index in [4.69, 9.17) is 1.37 Å². The number of carbonyl (C=O) groups excluding carboxylic acids is 2. The fraction of sp³-hybridized carbons (Fsp3) is 0.429. The molecule has 0 spiro atoms. The van der Waals surface area contributed by atoms with Gasteiger partial charge in [-0.25, -0.2) is 0 Å². The average molecular weight is 257 g/mol. The Balaban J connectivity index is 0. The van der Waals surface area contributed by atoms with Crippen LogP contribution in [0.4, 0.5) is 0 Å². The van der Waals surface area contributed by atoms with Gasteiger partial charge in [-0.1, -0.05) is 34.6 Å². The maximum absolute atomic E-state index is 9.59. The van der Waals surface area contributed by atoms with Gasteiger partial charge in [-0.15, -0.1) is 6.58 Å². The lowest BCUT2D eigenvalue weighted by Crippen LogP contribution is -1.59. The first-order chi connectivity index (χ1) is 6.83. The van der Waals surface area contributed by atoms with Crippen molar-refractivity contribution in [1.82, 2.24) is 0 Å². The molecule has 0 unspecified atom stereocenters. The molecule has 0 rings (SSSR count). The Morgan fingerprint density at radius 1 is 1.31 bits per heavy atom. The molecule has 0 aliphatic carbocycles. The molecule has 2 nitrogen and oxygen atoms in total. The van der Waals surface area contributed by atoms with Crippen LogP contribution in [0.3, 0.4) is 0 Å². The predicted molar refractivity (Wildman–Crippen MR) is 69.5 cm³/mol. The summed E-state index contributed by atoms with van der Waals surface area (Å²) in [7, 11) is 5.24. The van der Waals surface area contributed by atoms with E-state index in [0.29, 0.717) is 6.90 Å². The van der Waals surface area contributed by atoms with Crippen LogP contribution in [0.15, 0.2) is 12.7 Å². The summed E-state index contributed by atoms with van der Waals surface area (Å²) in [5.74, 6) is 1.58. The lowest BCUT2D eigenvalue weighted by molar-refractivity contribution is 0.569. The van der Waals surface area contributed by atoms with Gasteiger partial charge in [0.05, 0.1) is 0 Å². The molecule has 0 atom stereocenters. The molecule has 0 fully saturated rings. The number of hydrogen-bond acceptors (Lipinski definition) is 6. The van der Waals surface area contributed by atoms with E-state index < -0.39 is 0 Å². The Kier molecular flexibility index (Phi) is 19.0. The fourth-order valence-electron chi connectivity index (χ4n) is 0.191. The molecule has 0 saturated carbocycles. The summed E-state index contributed by atoms with van der Waals surface area (Å²) in [5, 5.41) is 0. The van der Waals surface area contributed by atoms with Crippen LogP contribution in [-0.4, -0.2) is 22.7 Å². The topological polar surface area (TPSA) is 34.1 Å². The first kappa shape index (κ1) is 13.5. The third-order valence-electron chi connectivity index (χ3n) is 0.484. The molecular weight excluding hydrogens is 244 g/mol. The Bertz CT molecular complexity index is 138. The monoisotopic (exact) mass is 257 g/mol. The largest absolute Gasteiger partial charge is 0.290 e. The molecule has 76 valence electrons. The molecular formula is C7H12O2S4. The highest BCUT2D eigenvalue weighted by Crippen LogP contribution is 2.16. The SMILES string of the molecule is C=CCSSC=O.[2H]CCSSC=O. The Labute approximate surface area is 96.3 Å². The van der Waals surface area contributed by atoms with E-state index in [2.05, 4.69) is 6.58 Å². The van der Waals surface area contributed by atoms with Gasteiger partial charge < -0.3 is 0 Å². The van der Waals surface area contributed by atoms with Crippen molar-refractivity contribution in [1.29, 1.82) is 0 Å². The average Bonchev–Trinajstić information content (AvgIpc) is 2.21. The molecule has 13 heavy (non-hydrogen) atoms. The highest BCUT2D eigenvalue weighted by atomic mass is 33.1. The van der Waals surface area contributed by atoms with Crippen molar-refractivity contribution >= 4 is 54.4 Å². The van der Waals surface area contributed by atoms with Crippen LogP contribution in [0, 0.1) is 0 Å². The van der Waals surface area contributed by atoms with Gasteiger partial charge in [0.25, 0.3) is 0 Å². The molecule has 0 N–H and O–H groups in total. The van der Waals surface area contributed by atoms with Gasteiger partial charge >= 0.3 is 0 Å². The summed E-state index contributed by atoms with van der Waals surface area (Å²) in [5.41, 5.74) is 1.59. The highest BCUT2D eigenvalue weighted by molar-refractivity contribution is 8.81. The van der Waals surface area contributed by atoms with E-state index >= 15 is 0 Å². The van der Waals surface area contributed by atoms with Crippen molar-refractivity contribution in [2.45, 2.75) is 6.90 Å². The molecule has 6 heteroatoms. The summed E-state index contributed by atoms with van der Waals surface area (Å²) >= 11 is 0. The number of hydrogen-bond donors (Lipinski definition) is 0. The third kappa shape index (κ3) is 24.5. The smallest absolute Gasteiger partial charge is 0.186 e. The summed E-state index contributed by atoms with van der Waals surface area (Å²) in [6, 6.07) is 0. The lowest BCUT2D eigenvalue weighted by Gasteiger charge is -1.81. The molecule has 0 aliphatic heterocycles. The molecule has 0 aromatic carbocycles. The zero-order valence-electron chi connectivity index (χ0n) is 8.01. The van der Waals surface area contributed by atoms with Crippen molar-refractivity contribution in [3.63, 3.8) is 0 Å². The van der Waals surface area contributed by atoms with Crippen LogP contribution in [0.1, 0.15) is 8.27 Å². The van der Waals surface area contributed by atoms with Crippen LogP contribution >= 0.6 is 43.2 Å². The first-order valence-electron chi connectivity index (χ1n) is 3.88. The fourth-order valence-corrected chi connectivity index (χ4v) is 1.72. The maximum atomic E-state index is 9.59. The quantitative estimate of drug-likeness (QED) is 0.301. The van der Waals surface area contributed by atoms with Crippen LogP contribution in [0.25, 0.3) is 0 Å². The second kappa shape index (κ2) is 18.3. The summed E-state index contributed by atoms with van der Waals surface area (Å²) in [6.07, 6.45) is 1.77. The molecule has 0 heterocycles. The minimum absolute atomic E-state index is 0.394. The van der Waals surface area contributed by atoms with Crippen molar-refractivity contribution in [2.75, 3.05) is 11.5 Å². The first-order valence-corrected chi connectivity index (χ1v) is 7.93.